The van der Waals surface area contributed by atoms with Crippen molar-refractivity contribution in [2.45, 2.75) is 31.6 Å². The highest BCUT2D eigenvalue weighted by Gasteiger charge is 2.47. The van der Waals surface area contributed by atoms with E-state index in [0.29, 0.717) is 12.1 Å². The minimum Gasteiger partial charge on any atom is -0.399 e. The number of carbonyl (C=O) groups is 2. The number of hydrogen-bond acceptors (Lipinski definition) is 3. The van der Waals surface area contributed by atoms with E-state index >= 15 is 0 Å². The monoisotopic (exact) mass is 232 g/mol. The molecule has 1 unspecified atom stereocenters. The minimum atomic E-state index is -0.695. The summed E-state index contributed by atoms with van der Waals surface area (Å²) in [4.78, 5) is 23.4. The molecule has 0 saturated carbocycles. The molecule has 1 aromatic carbocycles. The Morgan fingerprint density at radius 2 is 1.94 bits per heavy atom. The number of hydrogen-bond donors (Lipinski definition) is 2. The molecular formula is C13H16N2O2. The van der Waals surface area contributed by atoms with Gasteiger partial charge in [-0.25, -0.2) is 0 Å². The van der Waals surface area contributed by atoms with E-state index in [-0.39, 0.29) is 18.2 Å². The fraction of sp³-hybridized carbons (Fsp3) is 0.385. The van der Waals surface area contributed by atoms with Gasteiger partial charge in [0.1, 0.15) is 0 Å². The molecule has 4 heteroatoms. The predicted octanol–water partition coefficient (Wildman–Crippen LogP) is 1.35. The lowest BCUT2D eigenvalue weighted by Crippen LogP contribution is -2.35. The maximum absolute atomic E-state index is 12.0. The zero-order valence-electron chi connectivity index (χ0n) is 9.82. The van der Waals surface area contributed by atoms with Crippen molar-refractivity contribution >= 4 is 17.5 Å². The topological polar surface area (TPSA) is 72.2 Å². The molecule has 3 N–H and O–H groups in total. The SMILES string of the molecule is CCCC1(c2ccc(N)cc2)CC(=O)NC1=O. The summed E-state index contributed by atoms with van der Waals surface area (Å²) in [6.07, 6.45) is 1.77. The van der Waals surface area contributed by atoms with Gasteiger partial charge in [-0.3, -0.25) is 14.9 Å². The number of nitrogen functional groups attached to an aromatic ring is 1. The Morgan fingerprint density at radius 1 is 1.29 bits per heavy atom. The van der Waals surface area contributed by atoms with E-state index in [1.165, 1.54) is 0 Å². The van der Waals surface area contributed by atoms with Crippen molar-refractivity contribution in [2.24, 2.45) is 0 Å². The van der Waals surface area contributed by atoms with Gasteiger partial charge < -0.3 is 5.73 Å². The summed E-state index contributed by atoms with van der Waals surface area (Å²) < 4.78 is 0. The predicted molar refractivity (Wildman–Crippen MR) is 65.2 cm³/mol. The zero-order chi connectivity index (χ0) is 12.5. The lowest BCUT2D eigenvalue weighted by molar-refractivity contribution is -0.126. The molecule has 4 nitrogen and oxygen atoms in total. The number of amides is 2. The van der Waals surface area contributed by atoms with E-state index in [4.69, 9.17) is 5.73 Å². The second-order valence-corrected chi connectivity index (χ2v) is 4.51. The largest absolute Gasteiger partial charge is 0.399 e. The van der Waals surface area contributed by atoms with Gasteiger partial charge in [0.25, 0.3) is 0 Å². The van der Waals surface area contributed by atoms with E-state index in [9.17, 15) is 9.59 Å². The highest BCUT2D eigenvalue weighted by molar-refractivity contribution is 6.09. The quantitative estimate of drug-likeness (QED) is 0.610. The van der Waals surface area contributed by atoms with E-state index in [1.54, 1.807) is 12.1 Å². The van der Waals surface area contributed by atoms with E-state index < -0.39 is 5.41 Å². The maximum Gasteiger partial charge on any atom is 0.237 e. The summed E-state index contributed by atoms with van der Waals surface area (Å²) in [5, 5.41) is 2.40. The van der Waals surface area contributed by atoms with Crippen molar-refractivity contribution in [3.8, 4) is 0 Å². The molecule has 0 aliphatic carbocycles. The maximum atomic E-state index is 12.0. The molecule has 0 aromatic heterocycles. The molecule has 2 amide bonds. The minimum absolute atomic E-state index is 0.186. The normalized spacial score (nSPS) is 23.8. The average Bonchev–Trinajstić information content (AvgIpc) is 2.56. The van der Waals surface area contributed by atoms with E-state index in [2.05, 4.69) is 5.32 Å². The van der Waals surface area contributed by atoms with Gasteiger partial charge in [0.05, 0.1) is 5.41 Å². The van der Waals surface area contributed by atoms with Crippen LogP contribution in [0.1, 0.15) is 31.7 Å². The fourth-order valence-electron chi connectivity index (χ4n) is 2.45. The van der Waals surface area contributed by atoms with Crippen molar-refractivity contribution < 1.29 is 9.59 Å². The van der Waals surface area contributed by atoms with Crippen LogP contribution in [-0.2, 0) is 15.0 Å². The molecule has 1 fully saturated rings. The lowest BCUT2D eigenvalue weighted by atomic mass is 9.75. The number of imide groups is 1. The van der Waals surface area contributed by atoms with Crippen LogP contribution in [0.25, 0.3) is 0 Å². The molecule has 1 aromatic rings. The number of nitrogens with two attached hydrogens (primary N) is 1. The number of anilines is 1. The van der Waals surface area contributed by atoms with Crippen LogP contribution in [0.5, 0.6) is 0 Å². The zero-order valence-corrected chi connectivity index (χ0v) is 9.82. The average molecular weight is 232 g/mol. The molecule has 0 radical (unpaired) electrons. The first-order chi connectivity index (χ1) is 8.08. The van der Waals surface area contributed by atoms with Gasteiger partial charge in [0, 0.05) is 12.1 Å². The third kappa shape index (κ3) is 1.90. The third-order valence-corrected chi connectivity index (χ3v) is 3.29. The van der Waals surface area contributed by atoms with Crippen LogP contribution >= 0.6 is 0 Å². The second kappa shape index (κ2) is 4.20. The molecule has 1 saturated heterocycles. The Labute approximate surface area is 100 Å². The first-order valence-corrected chi connectivity index (χ1v) is 5.79. The number of benzene rings is 1. The van der Waals surface area contributed by atoms with Gasteiger partial charge in [-0.15, -0.1) is 0 Å². The molecule has 2 rings (SSSR count). The van der Waals surface area contributed by atoms with Crippen LogP contribution in [0.15, 0.2) is 24.3 Å². The lowest BCUT2D eigenvalue weighted by Gasteiger charge is -2.25. The van der Waals surface area contributed by atoms with Crippen LogP contribution in [-0.4, -0.2) is 11.8 Å². The van der Waals surface area contributed by atoms with Gasteiger partial charge in [0.15, 0.2) is 0 Å². The van der Waals surface area contributed by atoms with E-state index in [0.717, 1.165) is 12.0 Å². The first-order valence-electron chi connectivity index (χ1n) is 5.79. The van der Waals surface area contributed by atoms with Crippen LogP contribution in [0.2, 0.25) is 0 Å². The first kappa shape index (κ1) is 11.6. The molecule has 1 aliphatic heterocycles. The fourth-order valence-corrected chi connectivity index (χ4v) is 2.45. The van der Waals surface area contributed by atoms with Crippen molar-refractivity contribution in [3.63, 3.8) is 0 Å². The summed E-state index contributed by atoms with van der Waals surface area (Å²) in [6.45, 7) is 2.01. The molecule has 0 spiro atoms. The van der Waals surface area contributed by atoms with Crippen LogP contribution in [0.4, 0.5) is 5.69 Å². The van der Waals surface area contributed by atoms with Crippen LogP contribution < -0.4 is 11.1 Å². The van der Waals surface area contributed by atoms with Gasteiger partial charge >= 0.3 is 0 Å². The third-order valence-electron chi connectivity index (χ3n) is 3.29. The molecule has 90 valence electrons. The Morgan fingerprint density at radius 3 is 2.41 bits per heavy atom. The van der Waals surface area contributed by atoms with Crippen molar-refractivity contribution in [1.29, 1.82) is 0 Å². The standard InChI is InChI=1S/C13H16N2O2/c1-2-7-13(8-11(16)15-12(13)17)9-3-5-10(14)6-4-9/h3-6H,2,7-8,14H2,1H3,(H,15,16,17). The molecule has 1 atom stereocenters. The van der Waals surface area contributed by atoms with Crippen LogP contribution in [0.3, 0.4) is 0 Å². The highest BCUT2D eigenvalue weighted by Crippen LogP contribution is 2.37. The molecule has 17 heavy (non-hydrogen) atoms. The van der Waals surface area contributed by atoms with Crippen LogP contribution in [0, 0.1) is 0 Å². The van der Waals surface area contributed by atoms with Gasteiger partial charge in [-0.2, -0.15) is 0 Å². The highest BCUT2D eigenvalue weighted by atomic mass is 16.2. The Kier molecular flexibility index (Phi) is 2.88. The summed E-state index contributed by atoms with van der Waals surface area (Å²) >= 11 is 0. The summed E-state index contributed by atoms with van der Waals surface area (Å²) in [7, 11) is 0. The van der Waals surface area contributed by atoms with Crippen molar-refractivity contribution in [3.05, 3.63) is 29.8 Å². The van der Waals surface area contributed by atoms with Gasteiger partial charge in [-0.05, 0) is 24.1 Å². The Hall–Kier alpha value is -1.84. The Balaban J connectivity index is 2.44. The summed E-state index contributed by atoms with van der Waals surface area (Å²) in [5.74, 6) is -0.380. The number of carbonyl (C=O) groups excluding carboxylic acids is 2. The molecule has 1 aliphatic rings. The van der Waals surface area contributed by atoms with Gasteiger partial charge in [0.2, 0.25) is 11.8 Å². The second-order valence-electron chi connectivity index (χ2n) is 4.51. The van der Waals surface area contributed by atoms with Crippen molar-refractivity contribution in [1.82, 2.24) is 5.32 Å². The molecule has 1 heterocycles. The summed E-state index contributed by atoms with van der Waals surface area (Å²) in [5.41, 5.74) is 6.47. The molecule has 0 bridgehead atoms. The smallest absolute Gasteiger partial charge is 0.237 e. The number of nitrogens with one attached hydrogen (secondary N) is 1. The van der Waals surface area contributed by atoms with Gasteiger partial charge in [-0.1, -0.05) is 25.5 Å². The molecular weight excluding hydrogens is 216 g/mol. The van der Waals surface area contributed by atoms with Crippen molar-refractivity contribution in [2.75, 3.05) is 5.73 Å². The summed E-state index contributed by atoms with van der Waals surface area (Å²) in [6, 6.07) is 7.21. The number of rotatable bonds is 3. The van der Waals surface area contributed by atoms with E-state index in [1.807, 2.05) is 19.1 Å². The Bertz CT molecular complexity index is 453.